The molecule has 1 aromatic rings. The maximum absolute atomic E-state index is 3.43. The Hall–Kier alpha value is 1.14. The zero-order chi connectivity index (χ0) is 8.43. The second kappa shape index (κ2) is 4.40. The Bertz CT molecular complexity index is 269. The van der Waals surface area contributed by atoms with Crippen LogP contribution in [0.3, 0.4) is 0 Å². The van der Waals surface area contributed by atoms with Crippen LogP contribution in [0.2, 0.25) is 0 Å². The fraction of sp³-hybridized carbons (Fsp3) is 0. The summed E-state index contributed by atoms with van der Waals surface area (Å²) in [5.41, 5.74) is 1.11. The summed E-state index contributed by atoms with van der Waals surface area (Å²) >= 11 is 13.5. The quantitative estimate of drug-likeness (QED) is 0.583. The molecule has 0 aromatic heterocycles. The van der Waals surface area contributed by atoms with Crippen LogP contribution in [0, 0.1) is 5.33 Å². The molecule has 11 heavy (non-hydrogen) atoms. The summed E-state index contributed by atoms with van der Waals surface area (Å²) in [7, 11) is 0. The fourth-order valence-electron chi connectivity index (χ4n) is 0.622. The van der Waals surface area contributed by atoms with Crippen LogP contribution in [0.25, 0.3) is 0 Å². The van der Waals surface area contributed by atoms with Gasteiger partial charge in [-0.3, -0.25) is 0 Å². The van der Waals surface area contributed by atoms with E-state index in [4.69, 9.17) is 0 Å². The molecule has 59 valence electrons. The summed E-state index contributed by atoms with van der Waals surface area (Å²) in [6.07, 6.45) is 0. The smallest absolute Gasteiger partial charge is 0.0573 e. The van der Waals surface area contributed by atoms with Gasteiger partial charge >= 0.3 is 0 Å². The topological polar surface area (TPSA) is 0 Å². The molecule has 4 heteroatoms. The van der Waals surface area contributed by atoms with Crippen LogP contribution in [-0.2, 0) is 0 Å². The second-order valence-corrected chi connectivity index (χ2v) is 4.92. The number of hydrogen-bond donors (Lipinski definition) is 0. The SMILES string of the molecule is Br[CH]c1cc(Br)c(Br)cc1Br. The highest BCUT2D eigenvalue weighted by Gasteiger charge is 2.02. The first-order chi connectivity index (χ1) is 5.15. The van der Waals surface area contributed by atoms with Gasteiger partial charge in [0.05, 0.1) is 5.33 Å². The first-order valence-electron chi connectivity index (χ1n) is 2.73. The standard InChI is InChI=1S/C7H3Br4/c8-3-4-1-6(10)7(11)2-5(4)9/h1-3H. The average molecular weight is 407 g/mol. The minimum Gasteiger partial charge on any atom is -0.0822 e. The second-order valence-electron chi connectivity index (χ2n) is 1.90. The Morgan fingerprint density at radius 1 is 0.909 bits per heavy atom. The molecule has 0 heterocycles. The molecule has 0 saturated heterocycles. The van der Waals surface area contributed by atoms with Crippen molar-refractivity contribution < 1.29 is 0 Å². The molecule has 0 bridgehead atoms. The minimum atomic E-state index is 1.04. The van der Waals surface area contributed by atoms with Gasteiger partial charge in [-0.05, 0) is 49.6 Å². The molecule has 1 rings (SSSR count). The van der Waals surface area contributed by atoms with E-state index < -0.39 is 0 Å². The normalized spacial score (nSPS) is 10.2. The van der Waals surface area contributed by atoms with E-state index in [1.807, 2.05) is 17.5 Å². The lowest BCUT2D eigenvalue weighted by atomic mass is 10.2. The molecule has 0 fully saturated rings. The third-order valence-corrected chi connectivity index (χ3v) is 4.18. The Morgan fingerprint density at radius 3 is 2.00 bits per heavy atom. The molecule has 0 nitrogen and oxygen atoms in total. The van der Waals surface area contributed by atoms with Gasteiger partial charge in [0, 0.05) is 13.4 Å². The number of halogens is 4. The third-order valence-electron chi connectivity index (χ3n) is 1.16. The minimum absolute atomic E-state index is 1.04. The number of hydrogen-bond acceptors (Lipinski definition) is 0. The molecule has 0 atom stereocenters. The van der Waals surface area contributed by atoms with Gasteiger partial charge in [-0.25, -0.2) is 0 Å². The van der Waals surface area contributed by atoms with Crippen molar-refractivity contribution in [1.29, 1.82) is 0 Å². The van der Waals surface area contributed by atoms with E-state index in [0.29, 0.717) is 0 Å². The van der Waals surface area contributed by atoms with Gasteiger partial charge < -0.3 is 0 Å². The molecule has 0 unspecified atom stereocenters. The Balaban J connectivity index is 3.21. The summed E-state index contributed by atoms with van der Waals surface area (Å²) in [5.74, 6) is 0. The van der Waals surface area contributed by atoms with Crippen LogP contribution in [0.5, 0.6) is 0 Å². The highest BCUT2D eigenvalue weighted by atomic mass is 79.9. The molecule has 0 amide bonds. The number of rotatable bonds is 1. The molecule has 0 spiro atoms. The monoisotopic (exact) mass is 403 g/mol. The van der Waals surface area contributed by atoms with E-state index in [2.05, 4.69) is 63.7 Å². The van der Waals surface area contributed by atoms with Gasteiger partial charge in [-0.15, -0.1) is 0 Å². The van der Waals surface area contributed by atoms with E-state index in [-0.39, 0.29) is 0 Å². The highest BCUT2D eigenvalue weighted by molar-refractivity contribution is 9.13. The maximum atomic E-state index is 3.43. The van der Waals surface area contributed by atoms with Crippen LogP contribution in [-0.4, -0.2) is 0 Å². The predicted molar refractivity (Wildman–Crippen MR) is 61.9 cm³/mol. The van der Waals surface area contributed by atoms with Crippen molar-refractivity contribution >= 4 is 63.7 Å². The average Bonchev–Trinajstić information content (AvgIpc) is 1.97. The molecular formula is C7H3Br4. The summed E-state index contributed by atoms with van der Waals surface area (Å²) in [6.45, 7) is 0. The lowest BCUT2D eigenvalue weighted by Gasteiger charge is -2.02. The van der Waals surface area contributed by atoms with Gasteiger partial charge in [0.15, 0.2) is 0 Å². The molecule has 0 aliphatic heterocycles. The maximum Gasteiger partial charge on any atom is 0.0573 e. The van der Waals surface area contributed by atoms with Crippen LogP contribution in [0.4, 0.5) is 0 Å². The Labute approximate surface area is 99.3 Å². The Morgan fingerprint density at radius 2 is 1.45 bits per heavy atom. The van der Waals surface area contributed by atoms with Crippen molar-refractivity contribution in [2.75, 3.05) is 0 Å². The van der Waals surface area contributed by atoms with Crippen molar-refractivity contribution in [2.24, 2.45) is 0 Å². The predicted octanol–water partition coefficient (Wildman–Crippen LogP) is 4.88. The van der Waals surface area contributed by atoms with E-state index in [9.17, 15) is 0 Å². The third kappa shape index (κ3) is 2.54. The van der Waals surface area contributed by atoms with Crippen LogP contribution in [0.15, 0.2) is 25.6 Å². The zero-order valence-electron chi connectivity index (χ0n) is 5.24. The van der Waals surface area contributed by atoms with Crippen molar-refractivity contribution in [3.63, 3.8) is 0 Å². The van der Waals surface area contributed by atoms with Gasteiger partial charge in [0.1, 0.15) is 0 Å². The molecule has 1 radical (unpaired) electrons. The van der Waals surface area contributed by atoms with Gasteiger partial charge in [0.25, 0.3) is 0 Å². The molecule has 0 N–H and O–H groups in total. The van der Waals surface area contributed by atoms with Gasteiger partial charge in [0.2, 0.25) is 0 Å². The molecular weight excluding hydrogens is 404 g/mol. The van der Waals surface area contributed by atoms with Crippen molar-refractivity contribution in [3.8, 4) is 0 Å². The summed E-state index contributed by atoms with van der Waals surface area (Å²) < 4.78 is 3.15. The largest absolute Gasteiger partial charge is 0.0822 e. The Kier molecular flexibility index (Phi) is 4.09. The highest BCUT2D eigenvalue weighted by Crippen LogP contribution is 2.31. The lowest BCUT2D eigenvalue weighted by molar-refractivity contribution is 1.48. The van der Waals surface area contributed by atoms with Crippen LogP contribution < -0.4 is 0 Å². The van der Waals surface area contributed by atoms with Crippen molar-refractivity contribution in [2.45, 2.75) is 0 Å². The first kappa shape index (κ1) is 10.2. The van der Waals surface area contributed by atoms with Crippen molar-refractivity contribution in [3.05, 3.63) is 36.4 Å². The zero-order valence-corrected chi connectivity index (χ0v) is 11.6. The molecule has 0 aliphatic rings. The molecule has 1 aromatic carbocycles. The summed E-state index contributed by atoms with van der Waals surface area (Å²) in [6, 6.07) is 4.01. The van der Waals surface area contributed by atoms with Gasteiger partial charge in [-0.2, -0.15) is 0 Å². The van der Waals surface area contributed by atoms with Crippen LogP contribution in [0.1, 0.15) is 5.56 Å². The summed E-state index contributed by atoms with van der Waals surface area (Å²) in [4.78, 5) is 0. The van der Waals surface area contributed by atoms with Gasteiger partial charge in [-0.1, -0.05) is 31.9 Å². The fourth-order valence-corrected chi connectivity index (χ4v) is 2.78. The van der Waals surface area contributed by atoms with E-state index in [1.54, 1.807) is 0 Å². The summed E-state index contributed by atoms with van der Waals surface area (Å²) in [5, 5.41) is 1.87. The lowest BCUT2D eigenvalue weighted by Crippen LogP contribution is -1.79. The van der Waals surface area contributed by atoms with Crippen molar-refractivity contribution in [1.82, 2.24) is 0 Å². The van der Waals surface area contributed by atoms with E-state index in [0.717, 1.165) is 19.0 Å². The molecule has 0 aliphatic carbocycles. The first-order valence-corrected chi connectivity index (χ1v) is 6.02. The van der Waals surface area contributed by atoms with E-state index >= 15 is 0 Å². The number of benzene rings is 1. The van der Waals surface area contributed by atoms with Crippen LogP contribution >= 0.6 is 63.7 Å². The molecule has 0 saturated carbocycles. The van der Waals surface area contributed by atoms with E-state index in [1.165, 1.54) is 0 Å².